The van der Waals surface area contributed by atoms with E-state index >= 15 is 0 Å². The summed E-state index contributed by atoms with van der Waals surface area (Å²) in [5.74, 6) is -0.747. The number of aromatic nitrogens is 1. The number of nitrogens with two attached hydrogens (primary N) is 1. The minimum Gasteiger partial charge on any atom is -0.469 e. The molecule has 0 aliphatic rings. The Labute approximate surface area is 107 Å². The quantitative estimate of drug-likeness (QED) is 0.714. The summed E-state index contributed by atoms with van der Waals surface area (Å²) in [6.45, 7) is -0.966. The third-order valence-electron chi connectivity index (χ3n) is 2.66. The van der Waals surface area contributed by atoms with Crippen molar-refractivity contribution in [2.24, 2.45) is 5.73 Å². The standard InChI is InChI=1S/C12H18N2O4/c1-17-11(15)4-3-8-7-14-10(6-13)9(8)5-12(16)18-2/h7,14H,3-6,13H2,1-2H3/i6T/t6-/m0/s1. The number of aromatic amines is 1. The number of H-pyrrole nitrogens is 1. The Morgan fingerprint density at radius 1 is 1.39 bits per heavy atom. The van der Waals surface area contributed by atoms with E-state index in [0.717, 1.165) is 5.56 Å². The number of aryl methyl sites for hydroxylation is 1. The minimum atomic E-state index is -0.966. The van der Waals surface area contributed by atoms with Gasteiger partial charge in [0.1, 0.15) is 0 Å². The van der Waals surface area contributed by atoms with Gasteiger partial charge in [0.15, 0.2) is 0 Å². The lowest BCUT2D eigenvalue weighted by Gasteiger charge is -2.05. The molecule has 0 unspecified atom stereocenters. The van der Waals surface area contributed by atoms with Crippen molar-refractivity contribution in [2.45, 2.75) is 25.8 Å². The Balaban J connectivity index is 2.90. The molecule has 0 aliphatic heterocycles. The Morgan fingerprint density at radius 3 is 2.61 bits per heavy atom. The molecule has 18 heavy (non-hydrogen) atoms. The molecule has 100 valence electrons. The van der Waals surface area contributed by atoms with Crippen molar-refractivity contribution < 1.29 is 20.4 Å². The van der Waals surface area contributed by atoms with E-state index < -0.39 is 12.5 Å². The number of hydrogen-bond acceptors (Lipinski definition) is 5. The molecule has 0 aromatic carbocycles. The first kappa shape index (κ1) is 12.6. The molecule has 1 rings (SSSR count). The van der Waals surface area contributed by atoms with Gasteiger partial charge < -0.3 is 20.2 Å². The molecule has 1 aromatic rings. The second kappa shape index (κ2) is 6.80. The van der Waals surface area contributed by atoms with E-state index in [0.29, 0.717) is 17.7 Å². The van der Waals surface area contributed by atoms with Crippen LogP contribution in [0.3, 0.4) is 0 Å². The SMILES string of the molecule is [3H][C@H](N)c1[nH]cc(CCC(=O)OC)c1CC(=O)OC. The third kappa shape index (κ3) is 3.59. The molecule has 0 fully saturated rings. The van der Waals surface area contributed by atoms with E-state index in [2.05, 4.69) is 14.5 Å². The van der Waals surface area contributed by atoms with E-state index in [1.807, 2.05) is 0 Å². The zero-order valence-corrected chi connectivity index (χ0v) is 10.5. The molecule has 0 spiro atoms. The van der Waals surface area contributed by atoms with Crippen molar-refractivity contribution in [3.05, 3.63) is 23.0 Å². The van der Waals surface area contributed by atoms with Crippen molar-refractivity contribution >= 4 is 11.9 Å². The molecule has 0 radical (unpaired) electrons. The van der Waals surface area contributed by atoms with Gasteiger partial charge in [-0.2, -0.15) is 0 Å². The first-order valence-corrected chi connectivity index (χ1v) is 5.50. The average molecular weight is 256 g/mol. The Morgan fingerprint density at radius 2 is 2.06 bits per heavy atom. The highest BCUT2D eigenvalue weighted by molar-refractivity contribution is 5.74. The van der Waals surface area contributed by atoms with Crippen LogP contribution in [0, 0.1) is 0 Å². The van der Waals surface area contributed by atoms with E-state index in [-0.39, 0.29) is 18.8 Å². The predicted molar refractivity (Wildman–Crippen MR) is 64.7 cm³/mol. The lowest BCUT2D eigenvalue weighted by atomic mass is 10.0. The fourth-order valence-electron chi connectivity index (χ4n) is 1.65. The van der Waals surface area contributed by atoms with Crippen LogP contribution < -0.4 is 5.73 Å². The summed E-state index contributed by atoms with van der Waals surface area (Å²) >= 11 is 0. The van der Waals surface area contributed by atoms with Gasteiger partial charge >= 0.3 is 11.9 Å². The number of esters is 2. The Hall–Kier alpha value is -1.82. The smallest absolute Gasteiger partial charge is 0.310 e. The van der Waals surface area contributed by atoms with Crippen LogP contribution in [0.5, 0.6) is 0 Å². The van der Waals surface area contributed by atoms with Crippen LogP contribution in [0.4, 0.5) is 0 Å². The number of hydrogen-bond donors (Lipinski definition) is 2. The summed E-state index contributed by atoms with van der Waals surface area (Å²) in [7, 11) is 2.61. The molecule has 0 saturated heterocycles. The van der Waals surface area contributed by atoms with Gasteiger partial charge in [-0.15, -0.1) is 0 Å². The van der Waals surface area contributed by atoms with Gasteiger partial charge in [0.05, 0.1) is 20.6 Å². The van der Waals surface area contributed by atoms with E-state index in [4.69, 9.17) is 7.10 Å². The summed E-state index contributed by atoms with van der Waals surface area (Å²) in [6.07, 6.45) is 2.31. The van der Waals surface area contributed by atoms with Crippen molar-refractivity contribution in [1.29, 1.82) is 0 Å². The maximum atomic E-state index is 11.4. The number of carbonyl (C=O) groups excluding carboxylic acids is 2. The Kier molecular flexibility index (Phi) is 4.78. The topological polar surface area (TPSA) is 94.4 Å². The molecule has 0 bridgehead atoms. The summed E-state index contributed by atoms with van der Waals surface area (Å²) in [4.78, 5) is 25.4. The summed E-state index contributed by atoms with van der Waals surface area (Å²) < 4.78 is 16.7. The lowest BCUT2D eigenvalue weighted by molar-refractivity contribution is -0.140. The van der Waals surface area contributed by atoms with Gasteiger partial charge in [-0.1, -0.05) is 0 Å². The highest BCUT2D eigenvalue weighted by atomic mass is 16.5. The van der Waals surface area contributed by atoms with Crippen LogP contribution in [0.1, 0.15) is 24.6 Å². The van der Waals surface area contributed by atoms with Crippen LogP contribution in [-0.2, 0) is 38.4 Å². The highest BCUT2D eigenvalue weighted by Gasteiger charge is 2.15. The second-order valence-electron chi connectivity index (χ2n) is 3.70. The Bertz CT molecular complexity index is 457. The van der Waals surface area contributed by atoms with Gasteiger partial charge in [0, 0.05) is 26.2 Å². The van der Waals surface area contributed by atoms with E-state index in [9.17, 15) is 9.59 Å². The van der Waals surface area contributed by atoms with E-state index in [1.54, 1.807) is 6.20 Å². The van der Waals surface area contributed by atoms with Crippen molar-refractivity contribution in [3.8, 4) is 0 Å². The number of nitrogens with one attached hydrogen (secondary N) is 1. The molecule has 3 N–H and O–H groups in total. The predicted octanol–water partition coefficient (Wildman–Crippen LogP) is 0.294. The second-order valence-corrected chi connectivity index (χ2v) is 3.70. The lowest BCUT2D eigenvalue weighted by Crippen LogP contribution is -2.10. The zero-order valence-electron chi connectivity index (χ0n) is 11.5. The summed E-state index contributed by atoms with van der Waals surface area (Å²) in [6, 6.07) is 0. The first-order valence-electron chi connectivity index (χ1n) is 6.07. The molecule has 6 nitrogen and oxygen atoms in total. The summed E-state index contributed by atoms with van der Waals surface area (Å²) in [5.41, 5.74) is 7.38. The normalized spacial score (nSPS) is 12.7. The largest absolute Gasteiger partial charge is 0.469 e. The van der Waals surface area contributed by atoms with Crippen molar-refractivity contribution in [3.63, 3.8) is 0 Å². The van der Waals surface area contributed by atoms with Crippen molar-refractivity contribution in [2.75, 3.05) is 14.2 Å². The number of methoxy groups -OCH3 is 2. The van der Waals surface area contributed by atoms with Crippen LogP contribution >= 0.6 is 0 Å². The van der Waals surface area contributed by atoms with Crippen LogP contribution in [-0.4, -0.2) is 31.1 Å². The molecule has 0 saturated carbocycles. The van der Waals surface area contributed by atoms with Gasteiger partial charge in [-0.05, 0) is 17.5 Å². The fourth-order valence-corrected chi connectivity index (χ4v) is 1.65. The number of rotatable bonds is 6. The van der Waals surface area contributed by atoms with Gasteiger partial charge in [0.2, 0.25) is 0 Å². The molecule has 1 aromatic heterocycles. The minimum absolute atomic E-state index is 0.0262. The van der Waals surface area contributed by atoms with Gasteiger partial charge in [0.25, 0.3) is 0 Å². The molecular weight excluding hydrogens is 236 g/mol. The average Bonchev–Trinajstić information content (AvgIpc) is 2.78. The summed E-state index contributed by atoms with van der Waals surface area (Å²) in [5, 5.41) is 0. The first-order chi connectivity index (χ1) is 8.99. The zero-order chi connectivity index (χ0) is 14.4. The number of carbonyl (C=O) groups is 2. The fraction of sp³-hybridized carbons (Fsp3) is 0.500. The van der Waals surface area contributed by atoms with Crippen molar-refractivity contribution in [1.82, 2.24) is 4.98 Å². The van der Waals surface area contributed by atoms with Crippen LogP contribution in [0.15, 0.2) is 6.20 Å². The van der Waals surface area contributed by atoms with Gasteiger partial charge in [-0.3, -0.25) is 9.59 Å². The van der Waals surface area contributed by atoms with Gasteiger partial charge in [-0.25, -0.2) is 0 Å². The third-order valence-corrected chi connectivity index (χ3v) is 2.66. The molecular formula is C12H18N2O4. The monoisotopic (exact) mass is 256 g/mol. The highest BCUT2D eigenvalue weighted by Crippen LogP contribution is 2.17. The van der Waals surface area contributed by atoms with E-state index in [1.165, 1.54) is 14.2 Å². The number of ether oxygens (including phenoxy) is 2. The molecule has 6 heteroatoms. The molecule has 0 aliphatic carbocycles. The van der Waals surface area contributed by atoms with Crippen LogP contribution in [0.25, 0.3) is 0 Å². The van der Waals surface area contributed by atoms with Crippen LogP contribution in [0.2, 0.25) is 0 Å². The molecule has 1 heterocycles. The maximum Gasteiger partial charge on any atom is 0.310 e. The molecule has 0 amide bonds. The maximum absolute atomic E-state index is 11.4. The molecule has 1 atom stereocenters.